The molecule has 0 aliphatic rings. The molecule has 174 valence electrons. The van der Waals surface area contributed by atoms with Crippen LogP contribution in [0.2, 0.25) is 0 Å². The van der Waals surface area contributed by atoms with Gasteiger partial charge in [0.1, 0.15) is 17.7 Å². The highest BCUT2D eigenvalue weighted by atomic mass is 32.2. The average molecular weight is 486 g/mol. The summed E-state index contributed by atoms with van der Waals surface area (Å²) in [5.41, 5.74) is 0.826. The van der Waals surface area contributed by atoms with Gasteiger partial charge in [0.25, 0.3) is 0 Å². The first-order chi connectivity index (χ1) is 15.1. The predicted molar refractivity (Wildman–Crippen MR) is 122 cm³/mol. The Hall–Kier alpha value is -2.63. The minimum absolute atomic E-state index is 0.0553. The second kappa shape index (κ2) is 11.8. The van der Waals surface area contributed by atoms with E-state index in [1.54, 1.807) is 12.1 Å². The lowest BCUT2D eigenvalue weighted by Gasteiger charge is -2.17. The van der Waals surface area contributed by atoms with Gasteiger partial charge in [-0.2, -0.15) is 4.72 Å². The molecule has 1 unspecified atom stereocenters. The van der Waals surface area contributed by atoms with Gasteiger partial charge in [-0.3, -0.25) is 4.79 Å². The zero-order valence-corrected chi connectivity index (χ0v) is 19.3. The summed E-state index contributed by atoms with van der Waals surface area (Å²) in [6.07, 6.45) is 1.21. The first-order valence-electron chi connectivity index (χ1n) is 9.79. The smallest absolute Gasteiger partial charge is 0.323 e. The SMILES string of the molecule is COC(=O)C(CCCCNC(=S)Nc1cc(F)ccc1F)NS(=O)(=O)c1ccc(C)cc1. The van der Waals surface area contributed by atoms with Crippen molar-refractivity contribution >= 4 is 39.0 Å². The van der Waals surface area contributed by atoms with E-state index in [9.17, 15) is 22.0 Å². The molecule has 0 amide bonds. The maximum Gasteiger partial charge on any atom is 0.323 e. The number of aryl methyl sites for hydroxylation is 1. The van der Waals surface area contributed by atoms with Crippen molar-refractivity contribution in [3.63, 3.8) is 0 Å². The third-order valence-electron chi connectivity index (χ3n) is 4.50. The lowest BCUT2D eigenvalue weighted by molar-refractivity contribution is -0.142. The molecule has 0 spiro atoms. The highest BCUT2D eigenvalue weighted by Crippen LogP contribution is 2.15. The van der Waals surface area contributed by atoms with Crippen LogP contribution < -0.4 is 15.4 Å². The van der Waals surface area contributed by atoms with Gasteiger partial charge in [0.15, 0.2) is 5.11 Å². The number of esters is 1. The molecule has 11 heteroatoms. The minimum Gasteiger partial charge on any atom is -0.468 e. The number of unbranched alkanes of at least 4 members (excludes halogenated alkanes) is 1. The van der Waals surface area contributed by atoms with Crippen LogP contribution in [0.15, 0.2) is 47.4 Å². The summed E-state index contributed by atoms with van der Waals surface area (Å²) in [5.74, 6) is -1.93. The van der Waals surface area contributed by atoms with Crippen molar-refractivity contribution in [1.82, 2.24) is 10.0 Å². The number of halogens is 2. The van der Waals surface area contributed by atoms with Crippen molar-refractivity contribution in [1.29, 1.82) is 0 Å². The number of carbonyl (C=O) groups is 1. The van der Waals surface area contributed by atoms with Gasteiger partial charge in [-0.15, -0.1) is 0 Å². The van der Waals surface area contributed by atoms with Crippen LogP contribution in [0, 0.1) is 18.6 Å². The molecule has 0 aliphatic heterocycles. The molecule has 2 aromatic rings. The Morgan fingerprint density at radius 3 is 2.47 bits per heavy atom. The van der Waals surface area contributed by atoms with Gasteiger partial charge in [0.2, 0.25) is 10.0 Å². The summed E-state index contributed by atoms with van der Waals surface area (Å²) < 4.78 is 59.1. The molecule has 0 aromatic heterocycles. The fraction of sp³-hybridized carbons (Fsp3) is 0.333. The number of methoxy groups -OCH3 is 1. The number of sulfonamides is 1. The third kappa shape index (κ3) is 7.81. The molecule has 2 rings (SSSR count). The largest absolute Gasteiger partial charge is 0.468 e. The second-order valence-corrected chi connectivity index (χ2v) is 9.13. The zero-order chi connectivity index (χ0) is 23.7. The van der Waals surface area contributed by atoms with Crippen molar-refractivity contribution in [2.24, 2.45) is 0 Å². The van der Waals surface area contributed by atoms with E-state index in [1.807, 2.05) is 6.92 Å². The first-order valence-corrected chi connectivity index (χ1v) is 11.7. The Kier molecular flexibility index (Phi) is 9.48. The van der Waals surface area contributed by atoms with E-state index in [4.69, 9.17) is 17.0 Å². The third-order valence-corrected chi connectivity index (χ3v) is 6.23. The van der Waals surface area contributed by atoms with Gasteiger partial charge in [0.05, 0.1) is 17.7 Å². The van der Waals surface area contributed by atoms with Crippen molar-refractivity contribution in [3.05, 3.63) is 59.7 Å². The van der Waals surface area contributed by atoms with E-state index in [0.717, 1.165) is 23.8 Å². The maximum absolute atomic E-state index is 13.6. The summed E-state index contributed by atoms with van der Waals surface area (Å²) in [4.78, 5) is 12.1. The molecule has 0 bridgehead atoms. The lowest BCUT2D eigenvalue weighted by Crippen LogP contribution is -2.41. The molecule has 0 saturated carbocycles. The number of hydrogen-bond acceptors (Lipinski definition) is 5. The number of benzene rings is 2. The van der Waals surface area contributed by atoms with E-state index < -0.39 is 33.7 Å². The molecular formula is C21H25F2N3O4S2. The van der Waals surface area contributed by atoms with Crippen molar-refractivity contribution < 1.29 is 26.7 Å². The summed E-state index contributed by atoms with van der Waals surface area (Å²) >= 11 is 5.06. The van der Waals surface area contributed by atoms with Crippen LogP contribution in [0.5, 0.6) is 0 Å². The fourth-order valence-corrected chi connectivity index (χ4v) is 4.21. The summed E-state index contributed by atoms with van der Waals surface area (Å²) in [7, 11) is -2.71. The number of hydrogen-bond donors (Lipinski definition) is 3. The highest BCUT2D eigenvalue weighted by molar-refractivity contribution is 7.89. The number of thiocarbonyl (C=S) groups is 1. The molecule has 0 aliphatic carbocycles. The number of ether oxygens (including phenoxy) is 1. The topological polar surface area (TPSA) is 96.5 Å². The molecule has 7 nitrogen and oxygen atoms in total. The first kappa shape index (κ1) is 25.6. The Bertz CT molecular complexity index is 1050. The van der Waals surface area contributed by atoms with Crippen LogP contribution in [0.25, 0.3) is 0 Å². The Morgan fingerprint density at radius 2 is 1.81 bits per heavy atom. The predicted octanol–water partition coefficient (Wildman–Crippen LogP) is 3.25. The van der Waals surface area contributed by atoms with E-state index >= 15 is 0 Å². The van der Waals surface area contributed by atoms with Crippen LogP contribution in [-0.4, -0.2) is 39.2 Å². The molecule has 0 saturated heterocycles. The standard InChI is InChI=1S/C21H25F2N3O4S2/c1-14-6-9-16(10-7-14)32(28,29)26-18(20(27)30-2)5-3-4-12-24-21(31)25-19-13-15(22)8-11-17(19)23/h6-11,13,18,26H,3-5,12H2,1-2H3,(H2,24,25,31). The maximum atomic E-state index is 13.6. The quantitative estimate of drug-likeness (QED) is 0.270. The number of carbonyl (C=O) groups excluding carboxylic acids is 1. The summed E-state index contributed by atoms with van der Waals surface area (Å²) in [6, 6.07) is 8.20. The molecule has 1 atom stereocenters. The fourth-order valence-electron chi connectivity index (χ4n) is 2.78. The van der Waals surface area contributed by atoms with Crippen molar-refractivity contribution in [3.8, 4) is 0 Å². The average Bonchev–Trinajstić information content (AvgIpc) is 2.75. The molecular weight excluding hydrogens is 460 g/mol. The van der Waals surface area contributed by atoms with Crippen LogP contribution in [0.4, 0.5) is 14.5 Å². The summed E-state index contributed by atoms with van der Waals surface area (Å²) in [6.45, 7) is 2.21. The highest BCUT2D eigenvalue weighted by Gasteiger charge is 2.26. The Morgan fingerprint density at radius 1 is 1.12 bits per heavy atom. The Labute approximate surface area is 191 Å². The lowest BCUT2D eigenvalue weighted by atomic mass is 10.1. The van der Waals surface area contributed by atoms with Crippen molar-refractivity contribution in [2.45, 2.75) is 37.1 Å². The molecule has 0 fully saturated rings. The number of rotatable bonds is 10. The zero-order valence-electron chi connectivity index (χ0n) is 17.7. The van der Waals surface area contributed by atoms with E-state index in [2.05, 4.69) is 15.4 Å². The van der Waals surface area contributed by atoms with Crippen LogP contribution in [0.3, 0.4) is 0 Å². The second-order valence-electron chi connectivity index (χ2n) is 7.01. The molecule has 32 heavy (non-hydrogen) atoms. The summed E-state index contributed by atoms with van der Waals surface area (Å²) in [5, 5.41) is 5.53. The van der Waals surface area contributed by atoms with Crippen LogP contribution in [0.1, 0.15) is 24.8 Å². The van der Waals surface area contributed by atoms with E-state index in [0.29, 0.717) is 19.4 Å². The number of anilines is 1. The van der Waals surface area contributed by atoms with Crippen LogP contribution >= 0.6 is 12.2 Å². The van der Waals surface area contributed by atoms with Gasteiger partial charge in [0, 0.05) is 12.6 Å². The van der Waals surface area contributed by atoms with E-state index in [-0.39, 0.29) is 22.1 Å². The molecule has 0 heterocycles. The van der Waals surface area contributed by atoms with Gasteiger partial charge in [-0.25, -0.2) is 17.2 Å². The minimum atomic E-state index is -3.89. The number of nitrogens with one attached hydrogen (secondary N) is 3. The van der Waals surface area contributed by atoms with Crippen molar-refractivity contribution in [2.75, 3.05) is 19.0 Å². The van der Waals surface area contributed by atoms with Gasteiger partial charge in [-0.1, -0.05) is 17.7 Å². The van der Waals surface area contributed by atoms with Crippen LogP contribution in [-0.2, 0) is 19.6 Å². The van der Waals surface area contributed by atoms with Gasteiger partial charge in [-0.05, 0) is 62.7 Å². The van der Waals surface area contributed by atoms with Gasteiger partial charge >= 0.3 is 5.97 Å². The molecule has 3 N–H and O–H groups in total. The molecule has 0 radical (unpaired) electrons. The Balaban J connectivity index is 1.83. The monoisotopic (exact) mass is 485 g/mol. The normalized spacial score (nSPS) is 12.1. The van der Waals surface area contributed by atoms with E-state index in [1.165, 1.54) is 19.2 Å². The molecule has 2 aromatic carbocycles. The van der Waals surface area contributed by atoms with Gasteiger partial charge < -0.3 is 15.4 Å².